The highest BCUT2D eigenvalue weighted by Crippen LogP contribution is 2.41. The average molecular weight is 328 g/mol. The van der Waals surface area contributed by atoms with E-state index in [9.17, 15) is 0 Å². The molecule has 0 N–H and O–H groups in total. The van der Waals surface area contributed by atoms with Gasteiger partial charge in [-0.05, 0) is 76.7 Å². The quantitative estimate of drug-likeness (QED) is 0.549. The normalized spacial score (nSPS) is 21.8. The molecule has 0 aromatic heterocycles. The highest BCUT2D eigenvalue weighted by Gasteiger charge is 2.24. The summed E-state index contributed by atoms with van der Waals surface area (Å²) in [7, 11) is 0. The Hall–Kier alpha value is -2.08. The first kappa shape index (κ1) is 16.4. The zero-order valence-corrected chi connectivity index (χ0v) is 15.9. The molecular weight excluding hydrogens is 300 g/mol. The Morgan fingerprint density at radius 3 is 2.64 bits per heavy atom. The van der Waals surface area contributed by atoms with Crippen LogP contribution in [0.1, 0.15) is 69.6 Å². The lowest BCUT2D eigenvalue weighted by Gasteiger charge is -2.23. The molecule has 1 atom stereocenters. The molecule has 0 radical (unpaired) electrons. The van der Waals surface area contributed by atoms with E-state index in [4.69, 9.17) is 0 Å². The Morgan fingerprint density at radius 1 is 1.08 bits per heavy atom. The minimum Gasteiger partial charge on any atom is -0.0798 e. The summed E-state index contributed by atoms with van der Waals surface area (Å²) >= 11 is 0. The first-order chi connectivity index (χ1) is 11.9. The molecule has 1 aromatic rings. The van der Waals surface area contributed by atoms with Gasteiger partial charge in [0.05, 0.1) is 0 Å². The van der Waals surface area contributed by atoms with Crippen molar-refractivity contribution >= 4 is 11.6 Å². The van der Waals surface area contributed by atoms with Crippen LogP contribution in [0.15, 0.2) is 65.3 Å². The van der Waals surface area contributed by atoms with Crippen LogP contribution in [0, 0.1) is 5.41 Å². The van der Waals surface area contributed by atoms with E-state index in [-0.39, 0.29) is 0 Å². The molecule has 0 saturated heterocycles. The smallest absolute Gasteiger partial charge is 0.00322 e. The van der Waals surface area contributed by atoms with Gasteiger partial charge in [0.1, 0.15) is 0 Å². The van der Waals surface area contributed by atoms with E-state index in [0.717, 1.165) is 12.8 Å². The first-order valence-electron chi connectivity index (χ1n) is 9.51. The van der Waals surface area contributed by atoms with Gasteiger partial charge in [0.25, 0.3) is 0 Å². The lowest BCUT2D eigenvalue weighted by Crippen LogP contribution is -2.09. The Labute approximate surface area is 152 Å². The third kappa shape index (κ3) is 3.23. The molecule has 0 heterocycles. The first-order valence-corrected chi connectivity index (χ1v) is 9.51. The Kier molecular flexibility index (Phi) is 3.95. The summed E-state index contributed by atoms with van der Waals surface area (Å²) in [6.45, 7) is 9.22. The molecule has 0 aliphatic heterocycles. The van der Waals surface area contributed by atoms with Crippen molar-refractivity contribution in [3.8, 4) is 0 Å². The van der Waals surface area contributed by atoms with Crippen molar-refractivity contribution in [2.45, 2.75) is 52.9 Å². The van der Waals surface area contributed by atoms with Gasteiger partial charge in [-0.15, -0.1) is 0 Å². The summed E-state index contributed by atoms with van der Waals surface area (Å²) in [5.41, 5.74) is 10.5. The Bertz CT molecular complexity index is 860. The van der Waals surface area contributed by atoms with E-state index in [0.29, 0.717) is 11.3 Å². The molecule has 0 spiro atoms. The van der Waals surface area contributed by atoms with Crippen LogP contribution in [0.25, 0.3) is 11.6 Å². The topological polar surface area (TPSA) is 0 Å². The van der Waals surface area contributed by atoms with Crippen molar-refractivity contribution in [3.05, 3.63) is 82.0 Å². The molecule has 0 heteroatoms. The molecule has 4 rings (SSSR count). The van der Waals surface area contributed by atoms with E-state index in [1.54, 1.807) is 0 Å². The summed E-state index contributed by atoms with van der Waals surface area (Å²) in [5, 5.41) is 0. The molecule has 1 aromatic carbocycles. The van der Waals surface area contributed by atoms with Gasteiger partial charge in [0.15, 0.2) is 0 Å². The van der Waals surface area contributed by atoms with E-state index in [1.165, 1.54) is 45.4 Å². The molecule has 0 saturated carbocycles. The standard InChI is InChI=1S/C25H28/c1-17-6-5-7-23(17)20-9-8-18(14-20)19-12-13-24-21(15-19)10-11-22(24)16-25(2,3)4/h5-6,9-15,22H,7-8,16H2,1-4H3. The van der Waals surface area contributed by atoms with Gasteiger partial charge >= 0.3 is 0 Å². The van der Waals surface area contributed by atoms with Crippen molar-refractivity contribution in [1.29, 1.82) is 0 Å². The average Bonchev–Trinajstić information content (AvgIpc) is 3.25. The van der Waals surface area contributed by atoms with Crippen LogP contribution in [0.5, 0.6) is 0 Å². The van der Waals surface area contributed by atoms with Gasteiger partial charge in [-0.2, -0.15) is 0 Å². The molecule has 3 aliphatic rings. The van der Waals surface area contributed by atoms with Crippen molar-refractivity contribution in [3.63, 3.8) is 0 Å². The fraction of sp³-hybridized carbons (Fsp3) is 0.360. The zero-order chi connectivity index (χ0) is 17.6. The monoisotopic (exact) mass is 328 g/mol. The number of rotatable bonds is 3. The van der Waals surface area contributed by atoms with E-state index < -0.39 is 0 Å². The highest BCUT2D eigenvalue weighted by atomic mass is 14.3. The van der Waals surface area contributed by atoms with Gasteiger partial charge < -0.3 is 0 Å². The largest absolute Gasteiger partial charge is 0.0798 e. The molecule has 25 heavy (non-hydrogen) atoms. The van der Waals surface area contributed by atoms with Gasteiger partial charge in [-0.25, -0.2) is 0 Å². The van der Waals surface area contributed by atoms with Crippen LogP contribution < -0.4 is 0 Å². The number of hydrogen-bond donors (Lipinski definition) is 0. The van der Waals surface area contributed by atoms with E-state index in [2.05, 4.69) is 82.4 Å². The number of hydrogen-bond acceptors (Lipinski definition) is 0. The Morgan fingerprint density at radius 2 is 1.92 bits per heavy atom. The van der Waals surface area contributed by atoms with Gasteiger partial charge in [0, 0.05) is 5.92 Å². The second-order valence-electron chi connectivity index (χ2n) is 8.88. The van der Waals surface area contributed by atoms with Crippen LogP contribution >= 0.6 is 0 Å². The SMILES string of the molecule is CC1=C(C2=CCC(c3ccc4c(c3)C=CC4CC(C)(C)C)=C2)CC=C1. The second kappa shape index (κ2) is 6.02. The Balaban J connectivity index is 1.57. The summed E-state index contributed by atoms with van der Waals surface area (Å²) < 4.78 is 0. The summed E-state index contributed by atoms with van der Waals surface area (Å²) in [6, 6.07) is 7.09. The van der Waals surface area contributed by atoms with Crippen molar-refractivity contribution in [2.24, 2.45) is 5.41 Å². The number of allylic oxidation sites excluding steroid dienone is 9. The second-order valence-corrected chi connectivity index (χ2v) is 8.88. The van der Waals surface area contributed by atoms with E-state index in [1.807, 2.05) is 0 Å². The van der Waals surface area contributed by atoms with Crippen LogP contribution in [-0.2, 0) is 0 Å². The third-order valence-electron chi connectivity index (χ3n) is 5.58. The fourth-order valence-electron chi connectivity index (χ4n) is 4.32. The maximum absolute atomic E-state index is 2.40. The van der Waals surface area contributed by atoms with Crippen molar-refractivity contribution in [2.75, 3.05) is 0 Å². The number of benzene rings is 1. The van der Waals surface area contributed by atoms with Gasteiger partial charge in [0.2, 0.25) is 0 Å². The fourth-order valence-corrected chi connectivity index (χ4v) is 4.32. The minimum atomic E-state index is 0.364. The molecule has 0 bridgehead atoms. The summed E-state index contributed by atoms with van der Waals surface area (Å²) in [5.74, 6) is 0.577. The highest BCUT2D eigenvalue weighted by molar-refractivity contribution is 5.78. The van der Waals surface area contributed by atoms with Crippen LogP contribution in [-0.4, -0.2) is 0 Å². The molecule has 0 fully saturated rings. The molecule has 1 unspecified atom stereocenters. The van der Waals surface area contributed by atoms with Crippen LogP contribution in [0.4, 0.5) is 0 Å². The lowest BCUT2D eigenvalue weighted by molar-refractivity contribution is 0.362. The van der Waals surface area contributed by atoms with Crippen molar-refractivity contribution in [1.82, 2.24) is 0 Å². The van der Waals surface area contributed by atoms with Gasteiger partial charge in [-0.3, -0.25) is 0 Å². The maximum atomic E-state index is 2.40. The molecule has 3 aliphatic carbocycles. The van der Waals surface area contributed by atoms with Crippen molar-refractivity contribution < 1.29 is 0 Å². The number of fused-ring (bicyclic) bond motifs is 1. The minimum absolute atomic E-state index is 0.364. The molecule has 0 nitrogen and oxygen atoms in total. The summed E-state index contributed by atoms with van der Waals surface area (Å²) in [4.78, 5) is 0. The summed E-state index contributed by atoms with van der Waals surface area (Å²) in [6.07, 6.45) is 17.4. The predicted molar refractivity (Wildman–Crippen MR) is 109 cm³/mol. The van der Waals surface area contributed by atoms with E-state index >= 15 is 0 Å². The zero-order valence-electron chi connectivity index (χ0n) is 15.9. The maximum Gasteiger partial charge on any atom is 0.00322 e. The molecule has 0 amide bonds. The predicted octanol–water partition coefficient (Wildman–Crippen LogP) is 7.22. The lowest BCUT2D eigenvalue weighted by atomic mass is 9.82. The third-order valence-corrected chi connectivity index (χ3v) is 5.58. The molecule has 128 valence electrons. The van der Waals surface area contributed by atoms with Gasteiger partial charge in [-0.1, -0.05) is 69.4 Å². The van der Waals surface area contributed by atoms with Crippen LogP contribution in [0.2, 0.25) is 0 Å². The molecular formula is C25H28. The van der Waals surface area contributed by atoms with Crippen LogP contribution in [0.3, 0.4) is 0 Å².